The summed E-state index contributed by atoms with van der Waals surface area (Å²) in [6.45, 7) is 8.77. The molecule has 1 N–H and O–H groups in total. The van der Waals surface area contributed by atoms with E-state index in [1.807, 2.05) is 58.0 Å². The standard InChI is InChI=1S/C18H25N3O2/c1-13(2)23-17-7-5-16(6-8-17)9-10-19-18(22)12-21-15(4)11-14(3)20-21/h5-8,11,13H,9-10,12H2,1-4H3,(H,19,22). The van der Waals surface area contributed by atoms with Gasteiger partial charge in [-0.25, -0.2) is 0 Å². The molecule has 0 saturated heterocycles. The molecular formula is C18H25N3O2. The summed E-state index contributed by atoms with van der Waals surface area (Å²) < 4.78 is 7.34. The lowest BCUT2D eigenvalue weighted by Gasteiger charge is -2.10. The molecule has 2 rings (SSSR count). The number of hydrogen-bond acceptors (Lipinski definition) is 3. The van der Waals surface area contributed by atoms with Gasteiger partial charge < -0.3 is 10.1 Å². The van der Waals surface area contributed by atoms with Crippen molar-refractivity contribution in [2.45, 2.75) is 46.8 Å². The molecule has 0 aliphatic carbocycles. The van der Waals surface area contributed by atoms with Crippen LogP contribution in [0.4, 0.5) is 0 Å². The fourth-order valence-electron chi connectivity index (χ4n) is 2.38. The zero-order valence-electron chi connectivity index (χ0n) is 14.3. The first-order valence-corrected chi connectivity index (χ1v) is 7.97. The molecule has 1 aromatic carbocycles. The number of nitrogens with one attached hydrogen (secondary N) is 1. The predicted octanol–water partition coefficient (Wildman–Crippen LogP) is 2.65. The summed E-state index contributed by atoms with van der Waals surface area (Å²) >= 11 is 0. The number of aryl methyl sites for hydroxylation is 2. The van der Waals surface area contributed by atoms with E-state index in [-0.39, 0.29) is 18.6 Å². The van der Waals surface area contributed by atoms with Gasteiger partial charge in [0.05, 0.1) is 11.8 Å². The maximum atomic E-state index is 11.9. The number of hydrogen-bond donors (Lipinski definition) is 1. The second-order valence-electron chi connectivity index (χ2n) is 6.00. The molecule has 1 heterocycles. The lowest BCUT2D eigenvalue weighted by molar-refractivity contribution is -0.121. The van der Waals surface area contributed by atoms with E-state index in [2.05, 4.69) is 10.4 Å². The number of ether oxygens (including phenoxy) is 1. The van der Waals surface area contributed by atoms with Gasteiger partial charge in [0.1, 0.15) is 12.3 Å². The van der Waals surface area contributed by atoms with E-state index in [1.54, 1.807) is 4.68 Å². The van der Waals surface area contributed by atoms with Crippen LogP contribution in [-0.2, 0) is 17.8 Å². The third-order valence-electron chi connectivity index (χ3n) is 3.43. The molecule has 0 radical (unpaired) electrons. The molecule has 0 aliphatic rings. The maximum Gasteiger partial charge on any atom is 0.241 e. The highest BCUT2D eigenvalue weighted by atomic mass is 16.5. The molecule has 1 amide bonds. The predicted molar refractivity (Wildman–Crippen MR) is 90.6 cm³/mol. The first kappa shape index (κ1) is 17.1. The Morgan fingerprint density at radius 2 is 1.96 bits per heavy atom. The molecule has 1 aromatic heterocycles. The molecule has 0 aliphatic heterocycles. The van der Waals surface area contributed by atoms with Crippen molar-refractivity contribution in [1.29, 1.82) is 0 Å². The Morgan fingerprint density at radius 1 is 1.26 bits per heavy atom. The molecule has 0 saturated carbocycles. The van der Waals surface area contributed by atoms with Crippen LogP contribution in [0.25, 0.3) is 0 Å². The molecule has 124 valence electrons. The second kappa shape index (κ2) is 7.81. The minimum atomic E-state index is -0.0176. The number of amides is 1. The Hall–Kier alpha value is -2.30. The van der Waals surface area contributed by atoms with Gasteiger partial charge in [-0.05, 0) is 57.9 Å². The topological polar surface area (TPSA) is 56.2 Å². The Balaban J connectivity index is 1.76. The lowest BCUT2D eigenvalue weighted by atomic mass is 10.1. The summed E-state index contributed by atoms with van der Waals surface area (Å²) in [5.41, 5.74) is 3.10. The van der Waals surface area contributed by atoms with Crippen LogP contribution < -0.4 is 10.1 Å². The van der Waals surface area contributed by atoms with Crippen LogP contribution in [0.15, 0.2) is 30.3 Å². The summed E-state index contributed by atoms with van der Waals surface area (Å²) in [4.78, 5) is 11.9. The van der Waals surface area contributed by atoms with Gasteiger partial charge in [0.25, 0.3) is 0 Å². The Kier molecular flexibility index (Phi) is 5.79. The van der Waals surface area contributed by atoms with E-state index in [4.69, 9.17) is 4.74 Å². The van der Waals surface area contributed by atoms with Gasteiger partial charge in [-0.15, -0.1) is 0 Å². The van der Waals surface area contributed by atoms with E-state index >= 15 is 0 Å². The highest BCUT2D eigenvalue weighted by Gasteiger charge is 2.06. The number of carbonyl (C=O) groups is 1. The zero-order chi connectivity index (χ0) is 16.8. The van der Waals surface area contributed by atoms with Crippen molar-refractivity contribution in [3.63, 3.8) is 0 Å². The van der Waals surface area contributed by atoms with Crippen LogP contribution in [0.3, 0.4) is 0 Å². The van der Waals surface area contributed by atoms with Crippen LogP contribution in [0.5, 0.6) is 5.75 Å². The van der Waals surface area contributed by atoms with E-state index in [9.17, 15) is 4.79 Å². The fraction of sp³-hybridized carbons (Fsp3) is 0.444. The first-order valence-electron chi connectivity index (χ1n) is 7.97. The van der Waals surface area contributed by atoms with E-state index < -0.39 is 0 Å². The van der Waals surface area contributed by atoms with Crippen LogP contribution in [-0.4, -0.2) is 28.3 Å². The number of carbonyl (C=O) groups excluding carboxylic acids is 1. The third-order valence-corrected chi connectivity index (χ3v) is 3.43. The highest BCUT2D eigenvalue weighted by molar-refractivity contribution is 5.75. The average Bonchev–Trinajstić information content (AvgIpc) is 2.78. The van der Waals surface area contributed by atoms with Crippen LogP contribution in [0.1, 0.15) is 30.8 Å². The van der Waals surface area contributed by atoms with Gasteiger partial charge in [0, 0.05) is 12.2 Å². The van der Waals surface area contributed by atoms with Crippen molar-refractivity contribution < 1.29 is 9.53 Å². The number of aromatic nitrogens is 2. The average molecular weight is 315 g/mol. The lowest BCUT2D eigenvalue weighted by Crippen LogP contribution is -2.30. The van der Waals surface area contributed by atoms with Gasteiger partial charge in [-0.3, -0.25) is 9.48 Å². The van der Waals surface area contributed by atoms with Crippen LogP contribution in [0, 0.1) is 13.8 Å². The molecule has 0 spiro atoms. The van der Waals surface area contributed by atoms with Crippen molar-refractivity contribution >= 4 is 5.91 Å². The van der Waals surface area contributed by atoms with Crippen molar-refractivity contribution in [2.24, 2.45) is 0 Å². The van der Waals surface area contributed by atoms with E-state index in [1.165, 1.54) is 5.56 Å². The molecule has 23 heavy (non-hydrogen) atoms. The highest BCUT2D eigenvalue weighted by Crippen LogP contribution is 2.13. The maximum absolute atomic E-state index is 11.9. The minimum Gasteiger partial charge on any atom is -0.491 e. The SMILES string of the molecule is Cc1cc(C)n(CC(=O)NCCc2ccc(OC(C)C)cc2)n1. The molecule has 0 bridgehead atoms. The van der Waals surface area contributed by atoms with Crippen molar-refractivity contribution in [3.05, 3.63) is 47.3 Å². The van der Waals surface area contributed by atoms with Crippen molar-refractivity contribution in [1.82, 2.24) is 15.1 Å². The monoisotopic (exact) mass is 315 g/mol. The summed E-state index contributed by atoms with van der Waals surface area (Å²) in [5, 5.41) is 7.22. The van der Waals surface area contributed by atoms with Crippen LogP contribution in [0.2, 0.25) is 0 Å². The summed E-state index contributed by atoms with van der Waals surface area (Å²) in [5.74, 6) is 0.855. The number of rotatable bonds is 7. The smallest absolute Gasteiger partial charge is 0.241 e. The molecular weight excluding hydrogens is 290 g/mol. The fourth-order valence-corrected chi connectivity index (χ4v) is 2.38. The Labute approximate surface area is 137 Å². The largest absolute Gasteiger partial charge is 0.491 e. The number of benzene rings is 1. The number of nitrogens with zero attached hydrogens (tertiary/aromatic N) is 2. The summed E-state index contributed by atoms with van der Waals surface area (Å²) in [7, 11) is 0. The van der Waals surface area contributed by atoms with Crippen molar-refractivity contribution in [2.75, 3.05) is 6.54 Å². The molecule has 5 nitrogen and oxygen atoms in total. The zero-order valence-corrected chi connectivity index (χ0v) is 14.3. The first-order chi connectivity index (χ1) is 10.9. The Morgan fingerprint density at radius 3 is 2.52 bits per heavy atom. The van der Waals surface area contributed by atoms with E-state index in [0.29, 0.717) is 6.54 Å². The molecule has 0 fully saturated rings. The second-order valence-corrected chi connectivity index (χ2v) is 6.00. The molecule has 0 atom stereocenters. The summed E-state index contributed by atoms with van der Waals surface area (Å²) in [6.07, 6.45) is 0.972. The quantitative estimate of drug-likeness (QED) is 0.854. The summed E-state index contributed by atoms with van der Waals surface area (Å²) in [6, 6.07) is 9.96. The molecule has 5 heteroatoms. The van der Waals surface area contributed by atoms with Crippen molar-refractivity contribution in [3.8, 4) is 5.75 Å². The van der Waals surface area contributed by atoms with Gasteiger partial charge in [0.2, 0.25) is 5.91 Å². The minimum absolute atomic E-state index is 0.0176. The normalized spacial score (nSPS) is 10.8. The van der Waals surface area contributed by atoms with Gasteiger partial charge in [0.15, 0.2) is 0 Å². The molecule has 2 aromatic rings. The van der Waals surface area contributed by atoms with Gasteiger partial charge in [-0.1, -0.05) is 12.1 Å². The van der Waals surface area contributed by atoms with Crippen LogP contribution >= 0.6 is 0 Å². The van der Waals surface area contributed by atoms with E-state index in [0.717, 1.165) is 23.6 Å². The third kappa shape index (κ3) is 5.43. The molecule has 0 unspecified atom stereocenters. The van der Waals surface area contributed by atoms with Gasteiger partial charge >= 0.3 is 0 Å². The van der Waals surface area contributed by atoms with Gasteiger partial charge in [-0.2, -0.15) is 5.10 Å². The Bertz CT molecular complexity index is 645.